The van der Waals surface area contributed by atoms with Crippen LogP contribution in [-0.2, 0) is 4.74 Å². The minimum atomic E-state index is -0.598. The van der Waals surface area contributed by atoms with Gasteiger partial charge in [0.15, 0.2) is 6.20 Å². The molecule has 1 aliphatic carbocycles. The van der Waals surface area contributed by atoms with Crippen molar-refractivity contribution >= 4 is 11.8 Å². The average molecular weight is 306 g/mol. The van der Waals surface area contributed by atoms with Gasteiger partial charge in [-0.3, -0.25) is 0 Å². The SMILES string of the molecule is O=C(OCCCCCC1CCCC1)c1ccc([N+](=O)[O-])nc1. The van der Waals surface area contributed by atoms with E-state index in [2.05, 4.69) is 4.98 Å². The van der Waals surface area contributed by atoms with Gasteiger partial charge < -0.3 is 14.9 Å². The fourth-order valence-electron chi connectivity index (χ4n) is 2.87. The molecule has 1 aromatic rings. The summed E-state index contributed by atoms with van der Waals surface area (Å²) in [5.74, 6) is 0.162. The number of nitro groups is 1. The average Bonchev–Trinajstić information content (AvgIpc) is 3.04. The van der Waals surface area contributed by atoms with Gasteiger partial charge in [-0.05, 0) is 28.3 Å². The van der Waals surface area contributed by atoms with E-state index in [1.165, 1.54) is 56.9 Å². The zero-order valence-corrected chi connectivity index (χ0v) is 12.7. The minimum Gasteiger partial charge on any atom is -0.462 e. The second-order valence-corrected chi connectivity index (χ2v) is 5.80. The summed E-state index contributed by atoms with van der Waals surface area (Å²) in [4.78, 5) is 25.2. The molecule has 0 atom stereocenters. The number of carbonyl (C=O) groups is 1. The predicted molar refractivity (Wildman–Crippen MR) is 81.6 cm³/mol. The van der Waals surface area contributed by atoms with Crippen LogP contribution < -0.4 is 0 Å². The number of hydrogen-bond acceptors (Lipinski definition) is 5. The van der Waals surface area contributed by atoms with Crippen molar-refractivity contribution in [1.29, 1.82) is 0 Å². The van der Waals surface area contributed by atoms with Gasteiger partial charge in [0, 0.05) is 6.07 Å². The molecular weight excluding hydrogens is 284 g/mol. The Kier molecular flexibility index (Phi) is 6.30. The number of nitrogens with zero attached hydrogens (tertiary/aromatic N) is 2. The number of aromatic nitrogens is 1. The largest absolute Gasteiger partial charge is 0.462 e. The molecule has 0 bridgehead atoms. The van der Waals surface area contributed by atoms with Crippen molar-refractivity contribution in [2.24, 2.45) is 5.92 Å². The van der Waals surface area contributed by atoms with Gasteiger partial charge in [-0.15, -0.1) is 0 Å². The van der Waals surface area contributed by atoms with Crippen LogP contribution in [0.4, 0.5) is 5.82 Å². The summed E-state index contributed by atoms with van der Waals surface area (Å²) in [6.45, 7) is 0.389. The highest BCUT2D eigenvalue weighted by Crippen LogP contribution is 2.29. The summed E-state index contributed by atoms with van der Waals surface area (Å²) >= 11 is 0. The maximum Gasteiger partial charge on any atom is 0.363 e. The lowest BCUT2D eigenvalue weighted by Crippen LogP contribution is -2.07. The molecule has 0 N–H and O–H groups in total. The molecule has 22 heavy (non-hydrogen) atoms. The van der Waals surface area contributed by atoms with Crippen molar-refractivity contribution in [1.82, 2.24) is 4.98 Å². The third-order valence-corrected chi connectivity index (χ3v) is 4.14. The van der Waals surface area contributed by atoms with Crippen LogP contribution in [-0.4, -0.2) is 22.5 Å². The molecule has 1 heterocycles. The fraction of sp³-hybridized carbons (Fsp3) is 0.625. The number of esters is 1. The maximum absolute atomic E-state index is 11.7. The van der Waals surface area contributed by atoms with Gasteiger partial charge in [0.25, 0.3) is 0 Å². The molecular formula is C16H22N2O4. The first kappa shape index (κ1) is 16.4. The van der Waals surface area contributed by atoms with Crippen LogP contribution in [0.1, 0.15) is 61.7 Å². The van der Waals surface area contributed by atoms with Crippen LogP contribution >= 0.6 is 0 Å². The molecule has 0 unspecified atom stereocenters. The highest BCUT2D eigenvalue weighted by molar-refractivity contribution is 5.89. The smallest absolute Gasteiger partial charge is 0.363 e. The van der Waals surface area contributed by atoms with Crippen LogP contribution in [0.3, 0.4) is 0 Å². The number of rotatable bonds is 8. The number of hydrogen-bond donors (Lipinski definition) is 0. The van der Waals surface area contributed by atoms with Gasteiger partial charge in [0.05, 0.1) is 6.61 Å². The summed E-state index contributed by atoms with van der Waals surface area (Å²) in [7, 11) is 0. The zero-order chi connectivity index (χ0) is 15.8. The van der Waals surface area contributed by atoms with Crippen LogP contribution in [0, 0.1) is 16.0 Å². The van der Waals surface area contributed by atoms with E-state index in [1.807, 2.05) is 0 Å². The van der Waals surface area contributed by atoms with Crippen LogP contribution in [0.25, 0.3) is 0 Å². The maximum atomic E-state index is 11.7. The molecule has 1 saturated carbocycles. The summed E-state index contributed by atoms with van der Waals surface area (Å²) < 4.78 is 5.15. The Morgan fingerprint density at radius 1 is 1.27 bits per heavy atom. The molecule has 0 aliphatic heterocycles. The molecule has 1 fully saturated rings. The van der Waals surface area contributed by atoms with E-state index in [-0.39, 0.29) is 11.4 Å². The van der Waals surface area contributed by atoms with Crippen molar-refractivity contribution in [2.45, 2.75) is 51.4 Å². The van der Waals surface area contributed by atoms with E-state index < -0.39 is 10.9 Å². The molecule has 6 heteroatoms. The molecule has 2 rings (SSSR count). The summed E-state index contributed by atoms with van der Waals surface area (Å²) in [6, 6.07) is 2.58. The van der Waals surface area contributed by atoms with Crippen molar-refractivity contribution < 1.29 is 14.5 Å². The number of ether oxygens (including phenoxy) is 1. The Morgan fingerprint density at radius 3 is 2.68 bits per heavy atom. The molecule has 6 nitrogen and oxygen atoms in total. The Morgan fingerprint density at radius 2 is 2.05 bits per heavy atom. The third kappa shape index (κ3) is 5.09. The first-order valence-electron chi connectivity index (χ1n) is 7.94. The summed E-state index contributed by atoms with van der Waals surface area (Å²) in [6.07, 6.45) is 11.1. The van der Waals surface area contributed by atoms with Gasteiger partial charge in [0.2, 0.25) is 0 Å². The minimum absolute atomic E-state index is 0.247. The molecule has 120 valence electrons. The second kappa shape index (κ2) is 8.46. The second-order valence-electron chi connectivity index (χ2n) is 5.80. The molecule has 0 amide bonds. The summed E-state index contributed by atoms with van der Waals surface area (Å²) in [5.41, 5.74) is 0.247. The van der Waals surface area contributed by atoms with Gasteiger partial charge in [-0.25, -0.2) is 4.79 Å². The lowest BCUT2D eigenvalue weighted by Gasteiger charge is -2.08. The van der Waals surface area contributed by atoms with E-state index in [4.69, 9.17) is 4.74 Å². The van der Waals surface area contributed by atoms with Crippen molar-refractivity contribution in [3.63, 3.8) is 0 Å². The molecule has 1 aliphatic rings. The summed E-state index contributed by atoms with van der Waals surface area (Å²) in [5, 5.41) is 10.5. The van der Waals surface area contributed by atoms with Crippen LogP contribution in [0.2, 0.25) is 0 Å². The monoisotopic (exact) mass is 306 g/mol. The van der Waals surface area contributed by atoms with E-state index in [0.29, 0.717) is 6.61 Å². The predicted octanol–water partition coefficient (Wildman–Crippen LogP) is 3.90. The molecule has 0 saturated heterocycles. The van der Waals surface area contributed by atoms with E-state index in [0.717, 1.165) is 18.8 Å². The van der Waals surface area contributed by atoms with Gasteiger partial charge in [-0.1, -0.05) is 44.9 Å². The molecule has 0 aromatic carbocycles. The normalized spacial score (nSPS) is 14.9. The Balaban J connectivity index is 1.59. The Hall–Kier alpha value is -1.98. The van der Waals surface area contributed by atoms with Crippen molar-refractivity contribution in [3.05, 3.63) is 34.0 Å². The van der Waals surface area contributed by atoms with Crippen molar-refractivity contribution in [3.8, 4) is 0 Å². The van der Waals surface area contributed by atoms with Gasteiger partial charge in [0.1, 0.15) is 5.56 Å². The third-order valence-electron chi connectivity index (χ3n) is 4.14. The van der Waals surface area contributed by atoms with Crippen molar-refractivity contribution in [2.75, 3.05) is 6.61 Å². The molecule has 1 aromatic heterocycles. The number of carbonyl (C=O) groups excluding carboxylic acids is 1. The zero-order valence-electron chi connectivity index (χ0n) is 12.7. The van der Waals surface area contributed by atoms with E-state index in [9.17, 15) is 14.9 Å². The Labute approximate surface area is 130 Å². The number of pyridine rings is 1. The topological polar surface area (TPSA) is 82.3 Å². The van der Waals surface area contributed by atoms with Crippen LogP contribution in [0.15, 0.2) is 18.3 Å². The first-order valence-corrected chi connectivity index (χ1v) is 7.94. The lowest BCUT2D eigenvalue weighted by atomic mass is 10.0. The highest BCUT2D eigenvalue weighted by atomic mass is 16.6. The quantitative estimate of drug-likeness (QED) is 0.315. The Bertz CT molecular complexity index is 495. The standard InChI is InChI=1S/C16H22N2O4/c19-16(14-9-10-15(17-12-14)18(20)21)22-11-5-1-2-6-13-7-3-4-8-13/h9-10,12-13H,1-8,11H2. The fourth-order valence-corrected chi connectivity index (χ4v) is 2.87. The van der Waals surface area contributed by atoms with Gasteiger partial charge >= 0.3 is 11.8 Å². The number of unbranched alkanes of at least 4 members (excludes halogenated alkanes) is 2. The molecule has 0 spiro atoms. The molecule has 0 radical (unpaired) electrons. The van der Waals surface area contributed by atoms with E-state index in [1.54, 1.807) is 0 Å². The van der Waals surface area contributed by atoms with Crippen LogP contribution in [0.5, 0.6) is 0 Å². The van der Waals surface area contributed by atoms with E-state index >= 15 is 0 Å². The lowest BCUT2D eigenvalue weighted by molar-refractivity contribution is -0.389. The highest BCUT2D eigenvalue weighted by Gasteiger charge is 2.14. The first-order chi connectivity index (χ1) is 10.7. The van der Waals surface area contributed by atoms with Gasteiger partial charge in [-0.2, -0.15) is 0 Å².